The molecule has 8 heteroatoms. The van der Waals surface area contributed by atoms with E-state index in [1.807, 2.05) is 20.9 Å². The number of nitrogens with zero attached hydrogens (tertiary/aromatic N) is 4. The van der Waals surface area contributed by atoms with Gasteiger partial charge in [-0.1, -0.05) is 12.1 Å². The Morgan fingerprint density at radius 3 is 3.00 bits per heavy atom. The molecule has 1 aliphatic rings. The summed E-state index contributed by atoms with van der Waals surface area (Å²) in [6.45, 7) is 4.86. The van der Waals surface area contributed by atoms with E-state index in [1.54, 1.807) is 23.1 Å². The molecule has 0 spiro atoms. The number of amides is 1. The summed E-state index contributed by atoms with van der Waals surface area (Å²) in [5, 5.41) is 5.53. The summed E-state index contributed by atoms with van der Waals surface area (Å²) in [6, 6.07) is 8.54. The van der Waals surface area contributed by atoms with Crippen molar-refractivity contribution in [3.05, 3.63) is 52.8 Å². The molecule has 0 saturated carbocycles. The number of hydrogen-bond acceptors (Lipinski definition) is 6. The van der Waals surface area contributed by atoms with Gasteiger partial charge in [-0.25, -0.2) is 4.98 Å². The second-order valence-electron chi connectivity index (χ2n) is 7.37. The number of fused-ring (bicyclic) bond motifs is 1. The Hall–Kier alpha value is -1.87. The van der Waals surface area contributed by atoms with Crippen molar-refractivity contribution in [2.75, 3.05) is 39.5 Å². The molecule has 1 N–H and O–H groups in total. The smallest absolute Gasteiger partial charge is 0.274 e. The van der Waals surface area contributed by atoms with Crippen LogP contribution in [-0.4, -0.2) is 64.6 Å². The highest BCUT2D eigenvalue weighted by molar-refractivity contribution is 7.98. The van der Waals surface area contributed by atoms with Crippen LogP contribution in [0.1, 0.15) is 28.2 Å². The maximum absolute atomic E-state index is 13.3. The predicted octanol–water partition coefficient (Wildman–Crippen LogP) is 3.19. The molecule has 0 bridgehead atoms. The molecule has 154 valence electrons. The molecule has 6 nitrogen and oxygen atoms in total. The maximum Gasteiger partial charge on any atom is 0.274 e. The van der Waals surface area contributed by atoms with E-state index in [9.17, 15) is 4.79 Å². The highest BCUT2D eigenvalue weighted by Crippen LogP contribution is 2.20. The summed E-state index contributed by atoms with van der Waals surface area (Å²) >= 11 is 3.32. The van der Waals surface area contributed by atoms with Gasteiger partial charge in [0.2, 0.25) is 0 Å². The minimum atomic E-state index is 0.0531. The molecule has 3 heterocycles. The molecule has 0 aliphatic carbocycles. The van der Waals surface area contributed by atoms with Gasteiger partial charge in [0, 0.05) is 49.2 Å². The van der Waals surface area contributed by atoms with Crippen molar-refractivity contribution in [2.45, 2.75) is 24.4 Å². The number of carbonyl (C=O) groups excluding carboxylic acids is 1. The van der Waals surface area contributed by atoms with Gasteiger partial charge >= 0.3 is 0 Å². The van der Waals surface area contributed by atoms with Gasteiger partial charge in [0.05, 0.1) is 5.69 Å². The minimum Gasteiger partial charge on any atom is -0.336 e. The molecular formula is C21H27N5OS2. The molecule has 1 saturated heterocycles. The first-order chi connectivity index (χ1) is 14.2. The number of benzene rings is 1. The number of aromatic nitrogens is 2. The van der Waals surface area contributed by atoms with Gasteiger partial charge in [-0.15, -0.1) is 23.1 Å². The summed E-state index contributed by atoms with van der Waals surface area (Å²) in [5.74, 6) is 0.0531. The van der Waals surface area contributed by atoms with Crippen molar-refractivity contribution in [1.29, 1.82) is 0 Å². The van der Waals surface area contributed by atoms with Crippen LogP contribution in [0.4, 0.5) is 0 Å². The lowest BCUT2D eigenvalue weighted by Crippen LogP contribution is -2.35. The van der Waals surface area contributed by atoms with E-state index < -0.39 is 0 Å². The van der Waals surface area contributed by atoms with Crippen LogP contribution in [0.25, 0.3) is 4.96 Å². The van der Waals surface area contributed by atoms with Crippen molar-refractivity contribution in [3.8, 4) is 0 Å². The van der Waals surface area contributed by atoms with Crippen LogP contribution < -0.4 is 5.32 Å². The topological polar surface area (TPSA) is 52.9 Å². The third-order valence-electron chi connectivity index (χ3n) is 5.33. The minimum absolute atomic E-state index is 0.0531. The van der Waals surface area contributed by atoms with Crippen LogP contribution >= 0.6 is 23.1 Å². The van der Waals surface area contributed by atoms with E-state index in [0.717, 1.165) is 49.8 Å². The largest absolute Gasteiger partial charge is 0.336 e. The van der Waals surface area contributed by atoms with Gasteiger partial charge in [0.1, 0.15) is 0 Å². The van der Waals surface area contributed by atoms with Crippen LogP contribution in [-0.2, 0) is 13.1 Å². The van der Waals surface area contributed by atoms with Gasteiger partial charge in [0.25, 0.3) is 5.91 Å². The van der Waals surface area contributed by atoms with E-state index in [4.69, 9.17) is 0 Å². The molecule has 3 aromatic rings. The van der Waals surface area contributed by atoms with Crippen molar-refractivity contribution in [2.24, 2.45) is 0 Å². The fourth-order valence-corrected chi connectivity index (χ4v) is 4.90. The molecule has 1 fully saturated rings. The fourth-order valence-electron chi connectivity index (χ4n) is 3.68. The van der Waals surface area contributed by atoms with E-state index in [0.29, 0.717) is 12.2 Å². The Morgan fingerprint density at radius 1 is 1.24 bits per heavy atom. The Morgan fingerprint density at radius 2 is 2.14 bits per heavy atom. The Labute approximate surface area is 179 Å². The number of rotatable bonds is 6. The molecular weight excluding hydrogens is 402 g/mol. The van der Waals surface area contributed by atoms with Gasteiger partial charge in [-0.3, -0.25) is 9.20 Å². The molecule has 1 aliphatic heterocycles. The zero-order chi connectivity index (χ0) is 20.2. The van der Waals surface area contributed by atoms with Crippen molar-refractivity contribution in [1.82, 2.24) is 24.5 Å². The number of imidazole rings is 1. The van der Waals surface area contributed by atoms with Gasteiger partial charge in [0.15, 0.2) is 10.7 Å². The van der Waals surface area contributed by atoms with Gasteiger partial charge in [-0.2, -0.15) is 0 Å². The SMILES string of the molecule is CSc1cccc(CNCc2c(C(=O)N3CCCN(C)CC3)nc3sccn23)c1. The molecule has 0 radical (unpaired) electrons. The summed E-state index contributed by atoms with van der Waals surface area (Å²) in [4.78, 5) is 24.3. The monoisotopic (exact) mass is 429 g/mol. The van der Waals surface area contributed by atoms with Crippen LogP contribution in [0.3, 0.4) is 0 Å². The molecule has 0 unspecified atom stereocenters. The number of thioether (sulfide) groups is 1. The first-order valence-corrected chi connectivity index (χ1v) is 12.0. The highest BCUT2D eigenvalue weighted by Gasteiger charge is 2.25. The lowest BCUT2D eigenvalue weighted by atomic mass is 10.2. The van der Waals surface area contributed by atoms with Crippen molar-refractivity contribution >= 4 is 34.0 Å². The first kappa shape index (κ1) is 20.4. The Balaban J connectivity index is 1.51. The summed E-state index contributed by atoms with van der Waals surface area (Å²) < 4.78 is 2.05. The summed E-state index contributed by atoms with van der Waals surface area (Å²) in [7, 11) is 2.11. The van der Waals surface area contributed by atoms with E-state index in [1.165, 1.54) is 10.5 Å². The lowest BCUT2D eigenvalue weighted by molar-refractivity contribution is 0.0756. The zero-order valence-electron chi connectivity index (χ0n) is 16.9. The van der Waals surface area contributed by atoms with Crippen LogP contribution in [0.5, 0.6) is 0 Å². The van der Waals surface area contributed by atoms with Crippen LogP contribution in [0, 0.1) is 0 Å². The molecule has 29 heavy (non-hydrogen) atoms. The quantitative estimate of drug-likeness (QED) is 0.610. The predicted molar refractivity (Wildman–Crippen MR) is 120 cm³/mol. The standard InChI is InChI=1S/C21H27N5OS2/c1-24-7-4-8-25(10-9-24)20(27)19-18(26-11-12-29-21(26)23-19)15-22-14-16-5-3-6-17(13-16)28-2/h3,5-6,11-13,22H,4,7-10,14-15H2,1-2H3. The average molecular weight is 430 g/mol. The average Bonchev–Trinajstić information content (AvgIpc) is 3.25. The Bertz CT molecular complexity index is 983. The normalized spacial score (nSPS) is 15.7. The fraction of sp³-hybridized carbons (Fsp3) is 0.429. The molecule has 4 rings (SSSR count). The van der Waals surface area contributed by atoms with Gasteiger partial charge < -0.3 is 15.1 Å². The number of thiazole rings is 1. The number of carbonyl (C=O) groups is 1. The molecule has 1 amide bonds. The van der Waals surface area contributed by atoms with E-state index in [-0.39, 0.29) is 5.91 Å². The maximum atomic E-state index is 13.3. The van der Waals surface area contributed by atoms with Gasteiger partial charge in [-0.05, 0) is 44.0 Å². The van der Waals surface area contributed by atoms with Crippen LogP contribution in [0.2, 0.25) is 0 Å². The zero-order valence-corrected chi connectivity index (χ0v) is 18.6. The highest BCUT2D eigenvalue weighted by atomic mass is 32.2. The first-order valence-electron chi connectivity index (χ1n) is 9.91. The molecule has 2 aromatic heterocycles. The Kier molecular flexibility index (Phi) is 6.54. The van der Waals surface area contributed by atoms with E-state index in [2.05, 4.69) is 52.8 Å². The third-order valence-corrected chi connectivity index (χ3v) is 6.81. The lowest BCUT2D eigenvalue weighted by Gasteiger charge is -2.20. The number of hydrogen-bond donors (Lipinski definition) is 1. The van der Waals surface area contributed by atoms with Crippen LogP contribution in [0.15, 0.2) is 40.7 Å². The van der Waals surface area contributed by atoms with Crippen molar-refractivity contribution in [3.63, 3.8) is 0 Å². The summed E-state index contributed by atoms with van der Waals surface area (Å²) in [6.07, 6.45) is 5.10. The molecule has 0 atom stereocenters. The van der Waals surface area contributed by atoms with Crippen molar-refractivity contribution < 1.29 is 4.79 Å². The second-order valence-corrected chi connectivity index (χ2v) is 9.12. The van der Waals surface area contributed by atoms with E-state index >= 15 is 0 Å². The third kappa shape index (κ3) is 4.66. The summed E-state index contributed by atoms with van der Waals surface area (Å²) in [5.41, 5.74) is 2.78. The number of nitrogens with one attached hydrogen (secondary N) is 1. The number of likely N-dealkylation sites (N-methyl/N-ethyl adjacent to an activating group) is 1. The molecule has 1 aromatic carbocycles. The second kappa shape index (κ2) is 9.30.